The zero-order valence-electron chi connectivity index (χ0n) is 16.0. The lowest BCUT2D eigenvalue weighted by molar-refractivity contribution is -0.138. The second-order valence-electron chi connectivity index (χ2n) is 6.67. The van der Waals surface area contributed by atoms with Gasteiger partial charge in [0.2, 0.25) is 0 Å². The first kappa shape index (κ1) is 19.0. The molecule has 0 unspecified atom stereocenters. The first-order valence-corrected chi connectivity index (χ1v) is 10.1. The molecule has 1 heterocycles. The molecule has 144 valence electrons. The summed E-state index contributed by atoms with van der Waals surface area (Å²) < 4.78 is 0. The molecule has 1 aliphatic rings. The van der Waals surface area contributed by atoms with Crippen LogP contribution in [0.3, 0.4) is 0 Å². The van der Waals surface area contributed by atoms with Crippen molar-refractivity contribution in [3.05, 3.63) is 107 Å². The predicted octanol–water partition coefficient (Wildman–Crippen LogP) is 4.70. The van der Waals surface area contributed by atoms with Gasteiger partial charge in [-0.2, -0.15) is 0 Å². The summed E-state index contributed by atoms with van der Waals surface area (Å²) in [6, 6.07) is 28.8. The second kappa shape index (κ2) is 8.37. The minimum Gasteiger partial charge on any atom is -0.339 e. The summed E-state index contributed by atoms with van der Waals surface area (Å²) in [5, 5.41) is 0. The van der Waals surface area contributed by atoms with Gasteiger partial charge in [0.05, 0.1) is 6.54 Å². The van der Waals surface area contributed by atoms with Crippen molar-refractivity contribution < 1.29 is 9.59 Å². The van der Waals surface area contributed by atoms with Crippen LogP contribution in [0, 0.1) is 0 Å². The molecule has 0 radical (unpaired) electrons. The smallest absolute Gasteiger partial charge is 0.279 e. The maximum absolute atomic E-state index is 13.3. The van der Waals surface area contributed by atoms with Crippen LogP contribution in [0.5, 0.6) is 0 Å². The third-order valence-electron chi connectivity index (χ3n) is 4.73. The van der Waals surface area contributed by atoms with E-state index in [9.17, 15) is 9.59 Å². The largest absolute Gasteiger partial charge is 0.339 e. The van der Waals surface area contributed by atoms with Crippen LogP contribution in [-0.2, 0) is 16.1 Å². The van der Waals surface area contributed by atoms with E-state index in [0.717, 1.165) is 16.1 Å². The van der Waals surface area contributed by atoms with Gasteiger partial charge in [-0.15, -0.1) is 0 Å². The van der Waals surface area contributed by atoms with Crippen LogP contribution >= 0.6 is 11.8 Å². The topological polar surface area (TPSA) is 40.6 Å². The summed E-state index contributed by atoms with van der Waals surface area (Å²) in [6.07, 6.45) is 0. The number of anilines is 1. The Kier molecular flexibility index (Phi) is 5.49. The molecule has 0 bridgehead atoms. The highest BCUT2D eigenvalue weighted by molar-refractivity contribution is 8.04. The molecule has 0 saturated carbocycles. The zero-order chi connectivity index (χ0) is 20.2. The Labute approximate surface area is 174 Å². The van der Waals surface area contributed by atoms with Gasteiger partial charge in [-0.3, -0.25) is 14.5 Å². The van der Waals surface area contributed by atoms with Crippen LogP contribution in [0.25, 0.3) is 0 Å². The van der Waals surface area contributed by atoms with Gasteiger partial charge in [0.25, 0.3) is 11.8 Å². The fraction of sp³-hybridized carbons (Fsp3) is 0.0833. The van der Waals surface area contributed by atoms with Crippen molar-refractivity contribution in [3.8, 4) is 0 Å². The summed E-state index contributed by atoms with van der Waals surface area (Å²) in [4.78, 5) is 31.1. The molecule has 0 saturated heterocycles. The molecular formula is C24H20N2O2S. The molecule has 4 nitrogen and oxygen atoms in total. The molecule has 0 aliphatic carbocycles. The first-order valence-electron chi connectivity index (χ1n) is 9.31. The molecule has 2 amide bonds. The van der Waals surface area contributed by atoms with E-state index >= 15 is 0 Å². The van der Waals surface area contributed by atoms with Gasteiger partial charge < -0.3 is 4.90 Å². The Balaban J connectivity index is 1.72. The van der Waals surface area contributed by atoms with E-state index in [4.69, 9.17) is 0 Å². The van der Waals surface area contributed by atoms with E-state index in [0.29, 0.717) is 10.6 Å². The summed E-state index contributed by atoms with van der Waals surface area (Å²) in [7, 11) is 1.83. The molecule has 0 atom stereocenters. The van der Waals surface area contributed by atoms with E-state index in [1.807, 2.05) is 98.0 Å². The number of imide groups is 1. The molecule has 5 heteroatoms. The predicted molar refractivity (Wildman–Crippen MR) is 116 cm³/mol. The van der Waals surface area contributed by atoms with Gasteiger partial charge in [0.15, 0.2) is 0 Å². The molecule has 0 aromatic heterocycles. The highest BCUT2D eigenvalue weighted by Gasteiger charge is 2.41. The summed E-state index contributed by atoms with van der Waals surface area (Å²) in [5.74, 6) is -0.533. The van der Waals surface area contributed by atoms with E-state index in [2.05, 4.69) is 0 Å². The molecule has 4 rings (SSSR count). The molecule has 1 aliphatic heterocycles. The fourth-order valence-corrected chi connectivity index (χ4v) is 4.27. The Morgan fingerprint density at radius 1 is 0.759 bits per heavy atom. The number of benzene rings is 3. The molecular weight excluding hydrogens is 380 g/mol. The number of likely N-dealkylation sites (N-methyl/N-ethyl adjacent to an activating group) is 1. The quantitative estimate of drug-likeness (QED) is 0.563. The van der Waals surface area contributed by atoms with Crippen molar-refractivity contribution in [1.29, 1.82) is 0 Å². The standard InChI is InChI=1S/C24H20N2O2S/c1-25(19-13-7-3-8-14-19)21-22(29-20-15-9-4-10-16-20)24(28)26(23(21)27)17-18-11-5-2-6-12-18/h2-16H,17H2,1H3. The van der Waals surface area contributed by atoms with Crippen molar-refractivity contribution in [2.45, 2.75) is 11.4 Å². The van der Waals surface area contributed by atoms with Gasteiger partial charge >= 0.3 is 0 Å². The van der Waals surface area contributed by atoms with Crippen LogP contribution in [0.2, 0.25) is 0 Å². The van der Waals surface area contributed by atoms with Crippen LogP contribution in [-0.4, -0.2) is 23.8 Å². The third-order valence-corrected chi connectivity index (χ3v) is 5.81. The highest BCUT2D eigenvalue weighted by atomic mass is 32.2. The van der Waals surface area contributed by atoms with Crippen molar-refractivity contribution >= 4 is 29.3 Å². The van der Waals surface area contributed by atoms with Crippen molar-refractivity contribution in [2.75, 3.05) is 11.9 Å². The molecule has 3 aromatic carbocycles. The number of carbonyl (C=O) groups is 2. The number of hydrogen-bond donors (Lipinski definition) is 0. The minimum atomic E-state index is -0.274. The summed E-state index contributed by atoms with van der Waals surface area (Å²) in [5.41, 5.74) is 2.18. The number of nitrogens with zero attached hydrogens (tertiary/aromatic N) is 2. The number of carbonyl (C=O) groups excluding carboxylic acids is 2. The lowest BCUT2D eigenvalue weighted by Gasteiger charge is -2.21. The van der Waals surface area contributed by atoms with Gasteiger partial charge in [-0.1, -0.05) is 78.5 Å². The normalized spacial score (nSPS) is 13.9. The van der Waals surface area contributed by atoms with Crippen molar-refractivity contribution in [3.63, 3.8) is 0 Å². The number of rotatable bonds is 6. The first-order chi connectivity index (χ1) is 14.1. The fourth-order valence-electron chi connectivity index (χ4n) is 3.23. The maximum Gasteiger partial charge on any atom is 0.279 e. The van der Waals surface area contributed by atoms with E-state index in [1.165, 1.54) is 16.7 Å². The van der Waals surface area contributed by atoms with Crippen LogP contribution in [0.1, 0.15) is 5.56 Å². The SMILES string of the molecule is CN(C1=C(Sc2ccccc2)C(=O)N(Cc2ccccc2)C1=O)c1ccccc1. The lowest BCUT2D eigenvalue weighted by atomic mass is 10.2. The molecule has 0 spiro atoms. The Hall–Kier alpha value is -3.31. The highest BCUT2D eigenvalue weighted by Crippen LogP contribution is 2.38. The van der Waals surface area contributed by atoms with E-state index in [-0.39, 0.29) is 18.4 Å². The lowest BCUT2D eigenvalue weighted by Crippen LogP contribution is -2.33. The summed E-state index contributed by atoms with van der Waals surface area (Å²) in [6.45, 7) is 0.253. The molecule has 3 aromatic rings. The van der Waals surface area contributed by atoms with Gasteiger partial charge in [-0.25, -0.2) is 0 Å². The van der Waals surface area contributed by atoms with Crippen molar-refractivity contribution in [1.82, 2.24) is 4.90 Å². The average molecular weight is 401 g/mol. The van der Waals surface area contributed by atoms with Crippen LogP contribution < -0.4 is 4.90 Å². The monoisotopic (exact) mass is 400 g/mol. The average Bonchev–Trinajstić information content (AvgIpc) is 2.99. The zero-order valence-corrected chi connectivity index (χ0v) is 16.8. The number of hydrogen-bond acceptors (Lipinski definition) is 4. The Morgan fingerprint density at radius 2 is 1.31 bits per heavy atom. The second-order valence-corrected chi connectivity index (χ2v) is 7.75. The maximum atomic E-state index is 13.3. The van der Waals surface area contributed by atoms with Gasteiger partial charge in [-0.05, 0) is 29.8 Å². The van der Waals surface area contributed by atoms with Crippen LogP contribution in [0.15, 0.2) is 106 Å². The number of thioether (sulfide) groups is 1. The van der Waals surface area contributed by atoms with E-state index in [1.54, 1.807) is 4.90 Å². The Bertz CT molecular complexity index is 1050. The molecule has 29 heavy (non-hydrogen) atoms. The summed E-state index contributed by atoms with van der Waals surface area (Å²) >= 11 is 1.33. The van der Waals surface area contributed by atoms with Crippen molar-refractivity contribution in [2.24, 2.45) is 0 Å². The minimum absolute atomic E-state index is 0.253. The molecule has 0 fully saturated rings. The Morgan fingerprint density at radius 3 is 1.93 bits per heavy atom. The van der Waals surface area contributed by atoms with E-state index < -0.39 is 0 Å². The number of para-hydroxylation sites is 1. The van der Waals surface area contributed by atoms with Gasteiger partial charge in [0.1, 0.15) is 10.6 Å². The number of amides is 2. The van der Waals surface area contributed by atoms with Crippen LogP contribution in [0.4, 0.5) is 5.69 Å². The molecule has 0 N–H and O–H groups in total. The van der Waals surface area contributed by atoms with Gasteiger partial charge in [0, 0.05) is 17.6 Å². The third kappa shape index (κ3) is 3.96.